The van der Waals surface area contributed by atoms with E-state index in [1.165, 1.54) is 0 Å². The lowest BCUT2D eigenvalue weighted by Gasteiger charge is -2.15. The van der Waals surface area contributed by atoms with Crippen LogP contribution in [0, 0.1) is 11.6 Å². The molecule has 1 heterocycles. The van der Waals surface area contributed by atoms with Crippen LogP contribution in [0.25, 0.3) is 10.9 Å². The average Bonchev–Trinajstić information content (AvgIpc) is 3.13. The zero-order chi connectivity index (χ0) is 15.5. The number of carboxylic acids is 1. The summed E-state index contributed by atoms with van der Waals surface area (Å²) in [6.45, 7) is 0. The Kier molecular flexibility index (Phi) is 2.98. The first-order valence-electron chi connectivity index (χ1n) is 5.93. The number of carbonyl (C=O) groups is 1. The highest BCUT2D eigenvalue weighted by atomic mass is 35.5. The van der Waals surface area contributed by atoms with Crippen LogP contribution < -0.4 is 5.43 Å². The maximum absolute atomic E-state index is 13.6. The maximum Gasteiger partial charge on any atom is 0.352 e. The fourth-order valence-electron chi connectivity index (χ4n) is 2.33. The summed E-state index contributed by atoms with van der Waals surface area (Å²) < 4.78 is 41.3. The van der Waals surface area contributed by atoms with E-state index in [1.54, 1.807) is 0 Å². The smallest absolute Gasteiger partial charge is 0.352 e. The van der Waals surface area contributed by atoms with E-state index in [-0.39, 0.29) is 17.3 Å². The number of nitrogens with zero attached hydrogens (tertiary/aromatic N) is 1. The monoisotopic (exact) mass is 317 g/mol. The van der Waals surface area contributed by atoms with E-state index in [1.807, 2.05) is 0 Å². The first-order valence-corrected chi connectivity index (χ1v) is 6.30. The summed E-state index contributed by atoms with van der Waals surface area (Å²) in [6, 6.07) is 0.529. The highest BCUT2D eigenvalue weighted by Gasteiger charge is 2.42. The Hall–Kier alpha value is -2.02. The van der Waals surface area contributed by atoms with Crippen molar-refractivity contribution in [3.63, 3.8) is 0 Å². The normalized spacial score (nSPS) is 20.8. The van der Waals surface area contributed by atoms with Gasteiger partial charge in [-0.2, -0.15) is 0 Å². The number of alkyl halides is 1. The standard InChI is InChI=1S/C13H7ClF3NO3/c14-10-11(17)6(16)1-4-9(19)3-8(13(20)21)18(12(4)10)7-2-5(7)15/h1,3,5,7H,2H2,(H,20,21)/t5-,7+/m0/s1. The Bertz CT molecular complexity index is 849. The fourth-order valence-corrected chi connectivity index (χ4v) is 2.61. The molecule has 1 N–H and O–H groups in total. The van der Waals surface area contributed by atoms with Gasteiger partial charge in [0.1, 0.15) is 16.9 Å². The van der Waals surface area contributed by atoms with Crippen LogP contribution in [0.5, 0.6) is 0 Å². The number of aromatic carboxylic acids is 1. The Balaban J connectivity index is 2.52. The number of benzene rings is 1. The molecule has 8 heteroatoms. The van der Waals surface area contributed by atoms with Crippen LogP contribution in [-0.2, 0) is 0 Å². The van der Waals surface area contributed by atoms with Crippen LogP contribution in [-0.4, -0.2) is 21.8 Å². The number of pyridine rings is 1. The van der Waals surface area contributed by atoms with E-state index in [9.17, 15) is 22.8 Å². The van der Waals surface area contributed by atoms with Crippen molar-refractivity contribution in [3.8, 4) is 0 Å². The van der Waals surface area contributed by atoms with Crippen molar-refractivity contribution in [1.29, 1.82) is 0 Å². The molecule has 21 heavy (non-hydrogen) atoms. The first-order chi connectivity index (χ1) is 9.82. The highest BCUT2D eigenvalue weighted by molar-refractivity contribution is 6.35. The largest absolute Gasteiger partial charge is 0.477 e. The van der Waals surface area contributed by atoms with Crippen molar-refractivity contribution < 1.29 is 23.1 Å². The summed E-state index contributed by atoms with van der Waals surface area (Å²) in [5.41, 5.74) is -1.63. The van der Waals surface area contributed by atoms with Gasteiger partial charge in [0, 0.05) is 12.5 Å². The molecule has 4 nitrogen and oxygen atoms in total. The number of hydrogen-bond donors (Lipinski definition) is 1. The molecule has 2 aromatic rings. The van der Waals surface area contributed by atoms with Gasteiger partial charge in [-0.1, -0.05) is 11.6 Å². The zero-order valence-corrected chi connectivity index (χ0v) is 11.0. The quantitative estimate of drug-likeness (QED) is 0.866. The van der Waals surface area contributed by atoms with Gasteiger partial charge in [-0.3, -0.25) is 4.79 Å². The number of carboxylic acid groups (broad SMARTS) is 1. The number of rotatable bonds is 2. The van der Waals surface area contributed by atoms with Gasteiger partial charge >= 0.3 is 5.97 Å². The van der Waals surface area contributed by atoms with Crippen LogP contribution >= 0.6 is 11.6 Å². The average molecular weight is 318 g/mol. The minimum absolute atomic E-state index is 0.0214. The molecule has 0 amide bonds. The molecule has 1 saturated carbocycles. The number of hydrogen-bond acceptors (Lipinski definition) is 2. The molecule has 1 aromatic heterocycles. The van der Waals surface area contributed by atoms with Gasteiger partial charge in [0.15, 0.2) is 17.1 Å². The third kappa shape index (κ3) is 1.99. The second kappa shape index (κ2) is 4.49. The van der Waals surface area contributed by atoms with Crippen LogP contribution in [0.15, 0.2) is 16.9 Å². The number of halogens is 4. The molecule has 1 fully saturated rings. The SMILES string of the molecule is O=C(O)c1cc(=O)c2cc(F)c(F)c(Cl)c2n1[C@@H]1C[C@@H]1F. The molecular weight excluding hydrogens is 311 g/mol. The van der Waals surface area contributed by atoms with Crippen molar-refractivity contribution in [1.82, 2.24) is 4.57 Å². The zero-order valence-electron chi connectivity index (χ0n) is 10.2. The van der Waals surface area contributed by atoms with Gasteiger partial charge in [-0.15, -0.1) is 0 Å². The summed E-state index contributed by atoms with van der Waals surface area (Å²) in [4.78, 5) is 23.1. The van der Waals surface area contributed by atoms with Crippen molar-refractivity contribution in [2.24, 2.45) is 0 Å². The van der Waals surface area contributed by atoms with E-state index >= 15 is 0 Å². The molecule has 0 spiro atoms. The molecule has 0 aliphatic heterocycles. The van der Waals surface area contributed by atoms with Crippen LogP contribution in [0.4, 0.5) is 13.2 Å². The Labute approximate surface area is 120 Å². The van der Waals surface area contributed by atoms with Gasteiger partial charge in [0.05, 0.1) is 16.9 Å². The van der Waals surface area contributed by atoms with E-state index < -0.39 is 46.0 Å². The summed E-state index contributed by atoms with van der Waals surface area (Å²) in [5.74, 6) is -4.21. The van der Waals surface area contributed by atoms with E-state index in [0.29, 0.717) is 6.07 Å². The molecule has 0 radical (unpaired) electrons. The highest BCUT2D eigenvalue weighted by Crippen LogP contribution is 2.43. The van der Waals surface area contributed by atoms with E-state index in [4.69, 9.17) is 16.7 Å². The van der Waals surface area contributed by atoms with Crippen LogP contribution in [0.3, 0.4) is 0 Å². The van der Waals surface area contributed by atoms with E-state index in [2.05, 4.69) is 0 Å². The third-order valence-corrected chi connectivity index (χ3v) is 3.75. The molecule has 110 valence electrons. The molecule has 1 aliphatic carbocycles. The number of aromatic nitrogens is 1. The first kappa shape index (κ1) is 13.9. The van der Waals surface area contributed by atoms with Gasteiger partial charge in [-0.25, -0.2) is 18.0 Å². The predicted octanol–water partition coefficient (Wildman–Crippen LogP) is 2.91. The van der Waals surface area contributed by atoms with Gasteiger partial charge < -0.3 is 9.67 Å². The third-order valence-electron chi connectivity index (χ3n) is 3.40. The topological polar surface area (TPSA) is 59.3 Å². The van der Waals surface area contributed by atoms with Gasteiger partial charge in [0.2, 0.25) is 0 Å². The molecule has 0 saturated heterocycles. The maximum atomic E-state index is 13.6. The lowest BCUT2D eigenvalue weighted by atomic mass is 10.1. The molecule has 0 bridgehead atoms. The molecule has 1 aliphatic rings. The van der Waals surface area contributed by atoms with Crippen LogP contribution in [0.2, 0.25) is 5.02 Å². The van der Waals surface area contributed by atoms with E-state index in [0.717, 1.165) is 10.6 Å². The molecule has 3 rings (SSSR count). The van der Waals surface area contributed by atoms with Crippen molar-refractivity contribution in [2.45, 2.75) is 18.6 Å². The lowest BCUT2D eigenvalue weighted by molar-refractivity contribution is 0.0684. The second-order valence-electron chi connectivity index (χ2n) is 4.77. The molecular formula is C13H7ClF3NO3. The summed E-state index contributed by atoms with van der Waals surface area (Å²) in [6.07, 6.45) is -1.30. The Morgan fingerprint density at radius 3 is 2.52 bits per heavy atom. The minimum atomic E-state index is -1.48. The van der Waals surface area contributed by atoms with Gasteiger partial charge in [0.25, 0.3) is 0 Å². The summed E-state index contributed by atoms with van der Waals surface area (Å²) in [7, 11) is 0. The minimum Gasteiger partial charge on any atom is -0.477 e. The summed E-state index contributed by atoms with van der Waals surface area (Å²) in [5, 5.41) is 8.11. The second-order valence-corrected chi connectivity index (χ2v) is 5.15. The fraction of sp³-hybridized carbons (Fsp3) is 0.231. The molecule has 0 unspecified atom stereocenters. The predicted molar refractivity (Wildman–Crippen MR) is 68.6 cm³/mol. The van der Waals surface area contributed by atoms with Crippen LogP contribution in [0.1, 0.15) is 23.0 Å². The van der Waals surface area contributed by atoms with Crippen molar-refractivity contribution >= 4 is 28.5 Å². The number of fused-ring (bicyclic) bond motifs is 1. The van der Waals surface area contributed by atoms with Crippen molar-refractivity contribution in [2.75, 3.05) is 0 Å². The Morgan fingerprint density at radius 1 is 1.38 bits per heavy atom. The van der Waals surface area contributed by atoms with Crippen molar-refractivity contribution in [3.05, 3.63) is 44.7 Å². The lowest BCUT2D eigenvalue weighted by Crippen LogP contribution is -2.19. The molecule has 1 aromatic carbocycles. The van der Waals surface area contributed by atoms with Gasteiger partial charge in [-0.05, 0) is 6.07 Å². The Morgan fingerprint density at radius 2 is 2.00 bits per heavy atom. The summed E-state index contributed by atoms with van der Waals surface area (Å²) >= 11 is 5.71. The molecule has 2 atom stereocenters.